The zero-order chi connectivity index (χ0) is 12.1. The fraction of sp³-hybridized carbons (Fsp3) is 0.462. The van der Waals surface area contributed by atoms with Crippen LogP contribution in [0.25, 0.3) is 0 Å². The van der Waals surface area contributed by atoms with Crippen molar-refractivity contribution in [2.24, 2.45) is 5.92 Å². The summed E-state index contributed by atoms with van der Waals surface area (Å²) in [4.78, 5) is 0. The van der Waals surface area contributed by atoms with Crippen LogP contribution in [-0.2, 0) is 0 Å². The third-order valence-corrected chi connectivity index (χ3v) is 2.68. The van der Waals surface area contributed by atoms with E-state index in [-0.39, 0.29) is 0 Å². The first kappa shape index (κ1) is 13.0. The van der Waals surface area contributed by atoms with Gasteiger partial charge in [0.25, 0.3) is 0 Å². The van der Waals surface area contributed by atoms with Crippen LogP contribution < -0.4 is 10.6 Å². The van der Waals surface area contributed by atoms with Crippen LogP contribution in [0.2, 0.25) is 0 Å². The van der Waals surface area contributed by atoms with E-state index in [1.54, 1.807) is 0 Å². The van der Waals surface area contributed by atoms with Gasteiger partial charge in [0.05, 0.1) is 0 Å². The van der Waals surface area contributed by atoms with Crippen molar-refractivity contribution < 1.29 is 0 Å². The highest BCUT2D eigenvalue weighted by atomic mass is 32.1. The van der Waals surface area contributed by atoms with Gasteiger partial charge in [-0.25, -0.2) is 0 Å². The fourth-order valence-corrected chi connectivity index (χ4v) is 1.49. The monoisotopic (exact) mass is 236 g/mol. The predicted molar refractivity (Wildman–Crippen MR) is 75.0 cm³/mol. The molecule has 0 atom stereocenters. The molecular formula is C13H20N2S. The minimum Gasteiger partial charge on any atom is -0.362 e. The quantitative estimate of drug-likeness (QED) is 0.788. The fourth-order valence-electron chi connectivity index (χ4n) is 1.29. The van der Waals surface area contributed by atoms with Crippen molar-refractivity contribution in [2.45, 2.75) is 27.7 Å². The van der Waals surface area contributed by atoms with E-state index in [9.17, 15) is 0 Å². The second-order valence-corrected chi connectivity index (χ2v) is 4.94. The van der Waals surface area contributed by atoms with Crippen LogP contribution in [0.15, 0.2) is 18.2 Å². The second-order valence-electron chi connectivity index (χ2n) is 4.53. The molecular weight excluding hydrogens is 216 g/mol. The summed E-state index contributed by atoms with van der Waals surface area (Å²) in [5.74, 6) is 0.597. The summed E-state index contributed by atoms with van der Waals surface area (Å²) in [7, 11) is 0. The van der Waals surface area contributed by atoms with Crippen molar-refractivity contribution in [3.63, 3.8) is 0 Å². The molecule has 88 valence electrons. The summed E-state index contributed by atoms with van der Waals surface area (Å²) < 4.78 is 0. The zero-order valence-electron chi connectivity index (χ0n) is 10.4. The van der Waals surface area contributed by atoms with E-state index in [1.807, 2.05) is 6.07 Å². The van der Waals surface area contributed by atoms with E-state index in [4.69, 9.17) is 12.2 Å². The van der Waals surface area contributed by atoms with Gasteiger partial charge in [-0.1, -0.05) is 19.9 Å². The number of rotatable bonds is 3. The highest BCUT2D eigenvalue weighted by Crippen LogP contribution is 2.13. The molecule has 0 fully saturated rings. The topological polar surface area (TPSA) is 24.1 Å². The molecule has 3 heteroatoms. The van der Waals surface area contributed by atoms with Crippen LogP contribution in [0.5, 0.6) is 0 Å². The van der Waals surface area contributed by atoms with Crippen molar-refractivity contribution in [3.8, 4) is 0 Å². The molecule has 0 saturated carbocycles. The van der Waals surface area contributed by atoms with Crippen LogP contribution in [0.1, 0.15) is 25.0 Å². The molecule has 0 spiro atoms. The summed E-state index contributed by atoms with van der Waals surface area (Å²) in [5.41, 5.74) is 3.62. The summed E-state index contributed by atoms with van der Waals surface area (Å²) in [5, 5.41) is 7.06. The molecule has 2 N–H and O–H groups in total. The molecule has 16 heavy (non-hydrogen) atoms. The largest absolute Gasteiger partial charge is 0.362 e. The standard InChI is InChI=1S/C13H20N2S/c1-9(2)8-14-13(16)15-12-6-5-10(3)11(4)7-12/h5-7,9H,8H2,1-4H3,(H2,14,15,16). The molecule has 2 nitrogen and oxygen atoms in total. The molecule has 0 heterocycles. The first-order chi connectivity index (χ1) is 7.49. The van der Waals surface area contributed by atoms with Crippen LogP contribution in [0.4, 0.5) is 5.69 Å². The van der Waals surface area contributed by atoms with E-state index in [1.165, 1.54) is 11.1 Å². The molecule has 0 bridgehead atoms. The third-order valence-electron chi connectivity index (χ3n) is 2.44. The molecule has 0 amide bonds. The Morgan fingerprint density at radius 2 is 1.94 bits per heavy atom. The van der Waals surface area contributed by atoms with Gasteiger partial charge in [0.1, 0.15) is 0 Å². The van der Waals surface area contributed by atoms with E-state index in [2.05, 4.69) is 50.5 Å². The number of hydrogen-bond donors (Lipinski definition) is 2. The predicted octanol–water partition coefficient (Wildman–Crippen LogP) is 3.25. The molecule has 0 radical (unpaired) electrons. The van der Waals surface area contributed by atoms with Gasteiger partial charge in [-0.05, 0) is 55.2 Å². The van der Waals surface area contributed by atoms with Gasteiger partial charge in [-0.2, -0.15) is 0 Å². The molecule has 1 rings (SSSR count). The summed E-state index contributed by atoms with van der Waals surface area (Å²) >= 11 is 5.21. The lowest BCUT2D eigenvalue weighted by atomic mass is 10.1. The first-order valence-corrected chi connectivity index (χ1v) is 6.02. The van der Waals surface area contributed by atoms with E-state index in [0.717, 1.165) is 12.2 Å². The molecule has 0 saturated heterocycles. The zero-order valence-corrected chi connectivity index (χ0v) is 11.2. The second kappa shape index (κ2) is 5.85. The Balaban J connectivity index is 2.53. The Morgan fingerprint density at radius 3 is 2.50 bits per heavy atom. The van der Waals surface area contributed by atoms with E-state index >= 15 is 0 Å². The molecule has 0 aromatic heterocycles. The number of hydrogen-bond acceptors (Lipinski definition) is 1. The smallest absolute Gasteiger partial charge is 0.170 e. The minimum absolute atomic E-state index is 0.597. The summed E-state index contributed by atoms with van der Waals surface area (Å²) in [6.45, 7) is 9.42. The number of nitrogens with one attached hydrogen (secondary N) is 2. The molecule has 0 aliphatic heterocycles. The van der Waals surface area contributed by atoms with Gasteiger partial charge in [0.2, 0.25) is 0 Å². The Labute approximate surface area is 103 Å². The average Bonchev–Trinajstić information content (AvgIpc) is 2.21. The van der Waals surface area contributed by atoms with Crippen LogP contribution in [0.3, 0.4) is 0 Å². The van der Waals surface area contributed by atoms with Gasteiger partial charge < -0.3 is 10.6 Å². The Hall–Kier alpha value is -1.09. The first-order valence-electron chi connectivity index (χ1n) is 5.61. The minimum atomic E-state index is 0.597. The number of thiocarbonyl (C=S) groups is 1. The van der Waals surface area contributed by atoms with Crippen molar-refractivity contribution in [1.29, 1.82) is 0 Å². The lowest BCUT2D eigenvalue weighted by Gasteiger charge is -2.13. The van der Waals surface area contributed by atoms with E-state index < -0.39 is 0 Å². The van der Waals surface area contributed by atoms with E-state index in [0.29, 0.717) is 11.0 Å². The molecule has 1 aromatic rings. The number of benzene rings is 1. The SMILES string of the molecule is Cc1ccc(NC(=S)NCC(C)C)cc1C. The average molecular weight is 236 g/mol. The van der Waals surface area contributed by atoms with Crippen LogP contribution in [-0.4, -0.2) is 11.7 Å². The van der Waals surface area contributed by atoms with Crippen molar-refractivity contribution in [2.75, 3.05) is 11.9 Å². The van der Waals surface area contributed by atoms with Gasteiger partial charge >= 0.3 is 0 Å². The van der Waals surface area contributed by atoms with Gasteiger partial charge in [-0.15, -0.1) is 0 Å². The number of aryl methyl sites for hydroxylation is 2. The molecule has 1 aromatic carbocycles. The highest BCUT2D eigenvalue weighted by molar-refractivity contribution is 7.80. The van der Waals surface area contributed by atoms with Gasteiger partial charge in [0.15, 0.2) is 5.11 Å². The van der Waals surface area contributed by atoms with Gasteiger partial charge in [-0.3, -0.25) is 0 Å². The summed E-state index contributed by atoms with van der Waals surface area (Å²) in [6.07, 6.45) is 0. The van der Waals surface area contributed by atoms with Crippen LogP contribution >= 0.6 is 12.2 Å². The maximum absolute atomic E-state index is 5.21. The Kier molecular flexibility index (Phi) is 4.74. The Bertz CT molecular complexity index is 372. The van der Waals surface area contributed by atoms with Gasteiger partial charge in [0, 0.05) is 12.2 Å². The van der Waals surface area contributed by atoms with Crippen molar-refractivity contribution in [1.82, 2.24) is 5.32 Å². The highest BCUT2D eigenvalue weighted by Gasteiger charge is 2.00. The normalized spacial score (nSPS) is 10.3. The maximum Gasteiger partial charge on any atom is 0.170 e. The summed E-state index contributed by atoms with van der Waals surface area (Å²) in [6, 6.07) is 6.26. The Morgan fingerprint density at radius 1 is 1.25 bits per heavy atom. The maximum atomic E-state index is 5.21. The lowest BCUT2D eigenvalue weighted by Crippen LogP contribution is -2.31. The molecule has 0 aliphatic carbocycles. The van der Waals surface area contributed by atoms with Crippen molar-refractivity contribution >= 4 is 23.0 Å². The van der Waals surface area contributed by atoms with Crippen LogP contribution in [0, 0.1) is 19.8 Å². The van der Waals surface area contributed by atoms with Crippen molar-refractivity contribution in [3.05, 3.63) is 29.3 Å². The molecule has 0 unspecified atom stereocenters. The lowest BCUT2D eigenvalue weighted by molar-refractivity contribution is 0.627. The third kappa shape index (κ3) is 4.19. The molecule has 0 aliphatic rings. The number of anilines is 1.